The molecule has 0 saturated heterocycles. The number of H-pyrrole nitrogens is 1. The second-order valence-corrected chi connectivity index (χ2v) is 4.55. The van der Waals surface area contributed by atoms with Gasteiger partial charge in [0, 0.05) is 23.2 Å². The number of halogens is 1. The number of benzene rings is 2. The molecule has 0 atom stereocenters. The molecule has 0 radical (unpaired) electrons. The molecule has 6 heteroatoms. The molecule has 0 spiro atoms. The highest BCUT2D eigenvalue weighted by molar-refractivity contribution is 5.80. The minimum absolute atomic E-state index is 0.0655. The Morgan fingerprint density at radius 1 is 1.19 bits per heavy atom. The zero-order valence-electron chi connectivity index (χ0n) is 10.9. The van der Waals surface area contributed by atoms with E-state index < -0.39 is 10.7 Å². The van der Waals surface area contributed by atoms with Crippen molar-refractivity contribution >= 4 is 16.6 Å². The number of nitrogens with zero attached hydrogens (tertiary/aromatic N) is 1. The topological polar surface area (TPSA) is 68.2 Å². The molecule has 0 fully saturated rings. The Hall–Kier alpha value is -2.89. The zero-order chi connectivity index (χ0) is 14.8. The van der Waals surface area contributed by atoms with Crippen molar-refractivity contribution < 1.29 is 14.1 Å². The third-order valence-electron chi connectivity index (χ3n) is 3.16. The molecule has 3 rings (SSSR count). The van der Waals surface area contributed by atoms with E-state index in [0.717, 1.165) is 29.1 Å². The molecule has 0 aliphatic carbocycles. The lowest BCUT2D eigenvalue weighted by Crippen LogP contribution is -2.01. The van der Waals surface area contributed by atoms with Gasteiger partial charge < -0.3 is 9.72 Å². The first-order valence-electron chi connectivity index (χ1n) is 6.26. The highest BCUT2D eigenvalue weighted by atomic mass is 19.1. The smallest absolute Gasteiger partial charge is 0.276 e. The van der Waals surface area contributed by atoms with E-state index in [4.69, 9.17) is 4.74 Å². The molecule has 0 saturated carbocycles. The van der Waals surface area contributed by atoms with E-state index in [-0.39, 0.29) is 17.9 Å². The number of hydrogen-bond acceptors (Lipinski definition) is 3. The van der Waals surface area contributed by atoms with Gasteiger partial charge in [-0.3, -0.25) is 10.1 Å². The predicted octanol–water partition coefficient (Wildman–Crippen LogP) is 3.79. The van der Waals surface area contributed by atoms with E-state index in [1.165, 1.54) is 0 Å². The van der Waals surface area contributed by atoms with Crippen LogP contribution in [0, 0.1) is 15.9 Å². The van der Waals surface area contributed by atoms with Crippen molar-refractivity contribution in [3.05, 3.63) is 70.2 Å². The standard InChI is InChI=1S/C15H11FN2O3/c16-12-1-4-15(18(19)20)11(7-12)9-21-13-2-3-14-10(8-13)5-6-17-14/h1-8,17H,9H2. The zero-order valence-corrected chi connectivity index (χ0v) is 10.9. The Labute approximate surface area is 119 Å². The van der Waals surface area contributed by atoms with Gasteiger partial charge >= 0.3 is 0 Å². The molecule has 2 aromatic carbocycles. The second kappa shape index (κ2) is 5.24. The maximum Gasteiger partial charge on any atom is 0.276 e. The maximum atomic E-state index is 13.2. The summed E-state index contributed by atoms with van der Waals surface area (Å²) in [7, 11) is 0. The van der Waals surface area contributed by atoms with Crippen molar-refractivity contribution in [3.8, 4) is 5.75 Å². The van der Waals surface area contributed by atoms with Gasteiger partial charge in [0.25, 0.3) is 5.69 Å². The number of fused-ring (bicyclic) bond motifs is 1. The number of nitro benzene ring substituents is 1. The van der Waals surface area contributed by atoms with Crippen LogP contribution in [0.5, 0.6) is 5.75 Å². The van der Waals surface area contributed by atoms with Crippen LogP contribution in [0.4, 0.5) is 10.1 Å². The lowest BCUT2D eigenvalue weighted by molar-refractivity contribution is -0.385. The van der Waals surface area contributed by atoms with Crippen molar-refractivity contribution in [1.82, 2.24) is 4.98 Å². The quantitative estimate of drug-likeness (QED) is 0.586. The van der Waals surface area contributed by atoms with Crippen molar-refractivity contribution in [1.29, 1.82) is 0 Å². The molecule has 106 valence electrons. The molecule has 0 amide bonds. The molecule has 1 aromatic heterocycles. The van der Waals surface area contributed by atoms with Crippen molar-refractivity contribution in [2.75, 3.05) is 0 Å². The van der Waals surface area contributed by atoms with Gasteiger partial charge in [0.05, 0.1) is 10.5 Å². The summed E-state index contributed by atoms with van der Waals surface area (Å²) in [5.41, 5.74) is 1.02. The number of hydrogen-bond donors (Lipinski definition) is 1. The molecular formula is C15H11FN2O3. The highest BCUT2D eigenvalue weighted by Crippen LogP contribution is 2.24. The highest BCUT2D eigenvalue weighted by Gasteiger charge is 2.15. The van der Waals surface area contributed by atoms with E-state index >= 15 is 0 Å². The van der Waals surface area contributed by atoms with Crippen molar-refractivity contribution in [3.63, 3.8) is 0 Å². The van der Waals surface area contributed by atoms with Gasteiger partial charge in [-0.05, 0) is 36.4 Å². The number of aromatic amines is 1. The first-order valence-corrected chi connectivity index (χ1v) is 6.26. The molecule has 1 N–H and O–H groups in total. The van der Waals surface area contributed by atoms with Crippen LogP contribution >= 0.6 is 0 Å². The lowest BCUT2D eigenvalue weighted by atomic mass is 10.2. The predicted molar refractivity (Wildman–Crippen MR) is 75.7 cm³/mol. The number of ether oxygens (including phenoxy) is 1. The average Bonchev–Trinajstić information content (AvgIpc) is 2.92. The largest absolute Gasteiger partial charge is 0.489 e. The molecule has 0 aliphatic rings. The van der Waals surface area contributed by atoms with Crippen LogP contribution in [0.1, 0.15) is 5.56 Å². The maximum absolute atomic E-state index is 13.2. The Balaban J connectivity index is 1.83. The first-order chi connectivity index (χ1) is 10.1. The first kappa shape index (κ1) is 13.1. The fourth-order valence-corrected chi connectivity index (χ4v) is 2.13. The van der Waals surface area contributed by atoms with Gasteiger partial charge in [0.2, 0.25) is 0 Å². The van der Waals surface area contributed by atoms with E-state index in [1.54, 1.807) is 6.07 Å². The average molecular weight is 286 g/mol. The number of aromatic nitrogens is 1. The molecule has 3 aromatic rings. The van der Waals surface area contributed by atoms with Crippen molar-refractivity contribution in [2.45, 2.75) is 6.61 Å². The van der Waals surface area contributed by atoms with Gasteiger partial charge in [-0.25, -0.2) is 4.39 Å². The summed E-state index contributed by atoms with van der Waals surface area (Å²) in [6, 6.07) is 10.6. The third kappa shape index (κ3) is 2.69. The van der Waals surface area contributed by atoms with E-state index in [1.807, 2.05) is 24.4 Å². The Kier molecular flexibility index (Phi) is 3.27. The fourth-order valence-electron chi connectivity index (χ4n) is 2.13. The third-order valence-corrected chi connectivity index (χ3v) is 3.16. The summed E-state index contributed by atoms with van der Waals surface area (Å²) >= 11 is 0. The Morgan fingerprint density at radius 2 is 2.05 bits per heavy atom. The van der Waals surface area contributed by atoms with Gasteiger partial charge in [-0.2, -0.15) is 0 Å². The Bertz CT molecular complexity index is 814. The van der Waals surface area contributed by atoms with E-state index in [0.29, 0.717) is 5.75 Å². The minimum atomic E-state index is -0.548. The molecule has 5 nitrogen and oxygen atoms in total. The summed E-state index contributed by atoms with van der Waals surface area (Å²) in [5.74, 6) is 0.0425. The van der Waals surface area contributed by atoms with Gasteiger partial charge in [0.1, 0.15) is 18.2 Å². The summed E-state index contributed by atoms with van der Waals surface area (Å²) in [4.78, 5) is 13.4. The van der Waals surface area contributed by atoms with Crippen LogP contribution in [0.3, 0.4) is 0 Å². The Morgan fingerprint density at radius 3 is 2.86 bits per heavy atom. The number of nitrogens with one attached hydrogen (secondary N) is 1. The number of rotatable bonds is 4. The minimum Gasteiger partial charge on any atom is -0.489 e. The second-order valence-electron chi connectivity index (χ2n) is 4.55. The van der Waals surface area contributed by atoms with Crippen LogP contribution in [0.15, 0.2) is 48.7 Å². The summed E-state index contributed by atoms with van der Waals surface area (Å²) in [6.07, 6.45) is 1.81. The fraction of sp³-hybridized carbons (Fsp3) is 0.0667. The monoisotopic (exact) mass is 286 g/mol. The van der Waals surface area contributed by atoms with Crippen LogP contribution in [0.25, 0.3) is 10.9 Å². The molecule has 0 bridgehead atoms. The van der Waals surface area contributed by atoms with E-state index in [2.05, 4.69) is 4.98 Å². The summed E-state index contributed by atoms with van der Waals surface area (Å²) in [6.45, 7) is -0.0655. The lowest BCUT2D eigenvalue weighted by Gasteiger charge is -2.07. The van der Waals surface area contributed by atoms with E-state index in [9.17, 15) is 14.5 Å². The molecule has 21 heavy (non-hydrogen) atoms. The molecule has 1 heterocycles. The van der Waals surface area contributed by atoms with Gasteiger partial charge in [0.15, 0.2) is 0 Å². The van der Waals surface area contributed by atoms with Crippen LogP contribution < -0.4 is 4.74 Å². The summed E-state index contributed by atoms with van der Waals surface area (Å²) < 4.78 is 18.8. The SMILES string of the molecule is O=[N+]([O-])c1ccc(F)cc1COc1ccc2[nH]ccc2c1. The van der Waals surface area contributed by atoms with Crippen molar-refractivity contribution in [2.24, 2.45) is 0 Å². The van der Waals surface area contributed by atoms with Gasteiger partial charge in [-0.15, -0.1) is 0 Å². The summed E-state index contributed by atoms with van der Waals surface area (Å²) in [5, 5.41) is 11.9. The van der Waals surface area contributed by atoms with Crippen LogP contribution in [-0.2, 0) is 6.61 Å². The number of nitro groups is 1. The van der Waals surface area contributed by atoms with Crippen LogP contribution in [-0.4, -0.2) is 9.91 Å². The van der Waals surface area contributed by atoms with Crippen LogP contribution in [0.2, 0.25) is 0 Å². The molecule has 0 aliphatic heterocycles. The molecular weight excluding hydrogens is 275 g/mol. The van der Waals surface area contributed by atoms with Gasteiger partial charge in [-0.1, -0.05) is 0 Å². The normalized spacial score (nSPS) is 10.7. The molecule has 0 unspecified atom stereocenters.